The molecule has 21 heavy (non-hydrogen) atoms. The van der Waals surface area contributed by atoms with Gasteiger partial charge in [-0.05, 0) is 26.2 Å². The lowest BCUT2D eigenvalue weighted by atomic mass is 10.1. The molecule has 0 aromatic heterocycles. The summed E-state index contributed by atoms with van der Waals surface area (Å²) in [5.74, 6) is -0.667. The van der Waals surface area contributed by atoms with Gasteiger partial charge in [-0.3, -0.25) is 9.69 Å². The van der Waals surface area contributed by atoms with Crippen LogP contribution in [0.25, 0.3) is 0 Å². The maximum Gasteiger partial charge on any atom is 0.253 e. The molecule has 116 valence electrons. The Morgan fingerprint density at radius 2 is 2.14 bits per heavy atom. The van der Waals surface area contributed by atoms with Crippen LogP contribution in [0.2, 0.25) is 0 Å². The molecule has 5 nitrogen and oxygen atoms in total. The molecule has 0 bridgehead atoms. The summed E-state index contributed by atoms with van der Waals surface area (Å²) in [4.78, 5) is 16.7. The molecule has 1 aliphatic heterocycles. The molecule has 6 heteroatoms. The van der Waals surface area contributed by atoms with Gasteiger partial charge in [0.05, 0.1) is 11.3 Å². The van der Waals surface area contributed by atoms with Gasteiger partial charge in [0.1, 0.15) is 5.82 Å². The van der Waals surface area contributed by atoms with Gasteiger partial charge in [0.25, 0.3) is 5.91 Å². The molecule has 1 aliphatic rings. The Morgan fingerprint density at radius 1 is 1.38 bits per heavy atom. The van der Waals surface area contributed by atoms with Crippen molar-refractivity contribution in [3.8, 4) is 0 Å². The summed E-state index contributed by atoms with van der Waals surface area (Å²) in [6.07, 6.45) is 0. The van der Waals surface area contributed by atoms with Gasteiger partial charge in [-0.1, -0.05) is 6.07 Å². The average molecular weight is 294 g/mol. The zero-order chi connectivity index (χ0) is 15.4. The molecule has 1 aromatic rings. The highest BCUT2D eigenvalue weighted by Crippen LogP contribution is 2.19. The number of carbonyl (C=O) groups is 1. The fourth-order valence-electron chi connectivity index (χ4n) is 2.60. The van der Waals surface area contributed by atoms with Crippen LogP contribution in [0.15, 0.2) is 18.2 Å². The monoisotopic (exact) mass is 294 g/mol. The number of hydrogen-bond acceptors (Lipinski definition) is 4. The first-order valence-electron chi connectivity index (χ1n) is 7.16. The van der Waals surface area contributed by atoms with Gasteiger partial charge in [-0.15, -0.1) is 0 Å². The normalized spacial score (nSPS) is 20.3. The van der Waals surface area contributed by atoms with Crippen molar-refractivity contribution in [1.82, 2.24) is 15.1 Å². The Labute approximate surface area is 125 Å². The maximum absolute atomic E-state index is 13.7. The minimum atomic E-state index is -0.417. The highest BCUT2D eigenvalue weighted by Gasteiger charge is 2.23. The highest BCUT2D eigenvalue weighted by molar-refractivity contribution is 5.99. The van der Waals surface area contributed by atoms with Crippen LogP contribution in [-0.2, 0) is 0 Å². The number of anilines is 1. The minimum absolute atomic E-state index is 0.240. The lowest BCUT2D eigenvalue weighted by molar-refractivity contribution is 0.0881. The standard InChI is InChI=1S/C15H23FN4O/c1-17-14-12(5-4-6-13(14)16)15(21)18-9-11-10-19(2)7-8-20(11)3/h4-6,11,17H,7-10H2,1-3H3,(H,18,21). The van der Waals surface area contributed by atoms with E-state index in [2.05, 4.69) is 34.5 Å². The van der Waals surface area contributed by atoms with Crippen molar-refractivity contribution in [3.63, 3.8) is 0 Å². The summed E-state index contributed by atoms with van der Waals surface area (Å²) in [6.45, 7) is 3.49. The van der Waals surface area contributed by atoms with Crippen molar-refractivity contribution in [1.29, 1.82) is 0 Å². The molecule has 0 saturated carbocycles. The summed E-state index contributed by atoms with van der Waals surface area (Å²) in [5.41, 5.74) is 0.577. The van der Waals surface area contributed by atoms with E-state index >= 15 is 0 Å². The Kier molecular flexibility index (Phi) is 5.14. The van der Waals surface area contributed by atoms with Crippen molar-refractivity contribution in [3.05, 3.63) is 29.6 Å². The predicted octanol–water partition coefficient (Wildman–Crippen LogP) is 0.843. The highest BCUT2D eigenvalue weighted by atomic mass is 19.1. The zero-order valence-corrected chi connectivity index (χ0v) is 12.8. The van der Waals surface area contributed by atoms with Crippen molar-refractivity contribution in [2.24, 2.45) is 0 Å². The Bertz CT molecular complexity index is 508. The summed E-state index contributed by atoms with van der Waals surface area (Å²) >= 11 is 0. The van der Waals surface area contributed by atoms with Crippen LogP contribution in [-0.4, -0.2) is 69.1 Å². The topological polar surface area (TPSA) is 47.6 Å². The van der Waals surface area contributed by atoms with E-state index in [4.69, 9.17) is 0 Å². The fourth-order valence-corrected chi connectivity index (χ4v) is 2.60. The quantitative estimate of drug-likeness (QED) is 0.864. The van der Waals surface area contributed by atoms with E-state index in [-0.39, 0.29) is 17.6 Å². The van der Waals surface area contributed by atoms with E-state index in [1.54, 1.807) is 19.2 Å². The number of halogens is 1. The molecule has 1 saturated heterocycles. The SMILES string of the molecule is CNc1c(F)cccc1C(=O)NCC1CN(C)CCN1C. The Morgan fingerprint density at radius 3 is 2.86 bits per heavy atom. The van der Waals surface area contributed by atoms with E-state index in [1.165, 1.54) is 6.07 Å². The number of amides is 1. The largest absolute Gasteiger partial charge is 0.385 e. The summed E-state index contributed by atoms with van der Waals surface area (Å²) in [7, 11) is 5.75. The summed E-state index contributed by atoms with van der Waals surface area (Å²) in [6, 6.07) is 4.79. The van der Waals surface area contributed by atoms with Crippen molar-refractivity contribution in [2.75, 3.05) is 52.6 Å². The summed E-state index contributed by atoms with van der Waals surface area (Å²) in [5, 5.41) is 5.65. The Hall–Kier alpha value is -1.66. The van der Waals surface area contributed by atoms with Crippen molar-refractivity contribution < 1.29 is 9.18 Å². The molecule has 1 heterocycles. The maximum atomic E-state index is 13.7. The number of piperazine rings is 1. The molecular weight excluding hydrogens is 271 g/mol. The van der Waals surface area contributed by atoms with Gasteiger partial charge < -0.3 is 15.5 Å². The van der Waals surface area contributed by atoms with Crippen LogP contribution in [0, 0.1) is 5.82 Å². The first kappa shape index (κ1) is 15.7. The van der Waals surface area contributed by atoms with E-state index in [9.17, 15) is 9.18 Å². The van der Waals surface area contributed by atoms with Gasteiger partial charge in [0.15, 0.2) is 0 Å². The number of benzene rings is 1. The molecule has 1 unspecified atom stereocenters. The number of nitrogens with zero attached hydrogens (tertiary/aromatic N) is 2. The predicted molar refractivity (Wildman–Crippen MR) is 82.2 cm³/mol. The molecular formula is C15H23FN4O. The van der Waals surface area contributed by atoms with E-state index in [1.807, 2.05) is 0 Å². The molecule has 2 rings (SSSR count). The number of nitrogens with one attached hydrogen (secondary N) is 2. The summed E-state index contributed by atoms with van der Waals surface area (Å²) < 4.78 is 13.7. The zero-order valence-electron chi connectivity index (χ0n) is 12.8. The molecule has 1 atom stereocenters. The van der Waals surface area contributed by atoms with Crippen LogP contribution in [0.4, 0.5) is 10.1 Å². The molecule has 1 fully saturated rings. The minimum Gasteiger partial charge on any atom is -0.385 e. The third-order valence-corrected chi connectivity index (χ3v) is 3.99. The van der Waals surface area contributed by atoms with Crippen LogP contribution in [0.1, 0.15) is 10.4 Å². The number of likely N-dealkylation sites (N-methyl/N-ethyl adjacent to an activating group) is 2. The van der Waals surface area contributed by atoms with Crippen LogP contribution >= 0.6 is 0 Å². The van der Waals surface area contributed by atoms with Gasteiger partial charge >= 0.3 is 0 Å². The van der Waals surface area contributed by atoms with Crippen molar-refractivity contribution in [2.45, 2.75) is 6.04 Å². The van der Waals surface area contributed by atoms with Gasteiger partial charge in [0, 0.05) is 39.3 Å². The van der Waals surface area contributed by atoms with Crippen LogP contribution < -0.4 is 10.6 Å². The first-order valence-corrected chi connectivity index (χ1v) is 7.16. The third kappa shape index (κ3) is 3.71. The molecule has 0 aliphatic carbocycles. The molecule has 2 N–H and O–H groups in total. The van der Waals surface area contributed by atoms with Gasteiger partial charge in [-0.25, -0.2) is 4.39 Å². The molecule has 0 radical (unpaired) electrons. The third-order valence-electron chi connectivity index (χ3n) is 3.99. The molecule has 1 amide bonds. The van der Waals surface area contributed by atoms with E-state index in [0.29, 0.717) is 12.1 Å². The van der Waals surface area contributed by atoms with Crippen LogP contribution in [0.5, 0.6) is 0 Å². The van der Waals surface area contributed by atoms with E-state index < -0.39 is 5.82 Å². The number of hydrogen-bond donors (Lipinski definition) is 2. The number of carbonyl (C=O) groups excluding carboxylic acids is 1. The second-order valence-corrected chi connectivity index (χ2v) is 5.52. The smallest absolute Gasteiger partial charge is 0.253 e. The average Bonchev–Trinajstić information content (AvgIpc) is 2.47. The van der Waals surface area contributed by atoms with E-state index in [0.717, 1.165) is 19.6 Å². The van der Waals surface area contributed by atoms with Gasteiger partial charge in [0.2, 0.25) is 0 Å². The lowest BCUT2D eigenvalue weighted by Crippen LogP contribution is -2.54. The fraction of sp³-hybridized carbons (Fsp3) is 0.533. The van der Waals surface area contributed by atoms with Gasteiger partial charge in [-0.2, -0.15) is 0 Å². The number of rotatable bonds is 4. The second kappa shape index (κ2) is 6.87. The molecule has 0 spiro atoms. The lowest BCUT2D eigenvalue weighted by Gasteiger charge is -2.37. The first-order chi connectivity index (χ1) is 10.0. The second-order valence-electron chi connectivity index (χ2n) is 5.52. The molecule has 1 aromatic carbocycles. The Balaban J connectivity index is 2.00. The number of para-hydroxylation sites is 1. The van der Waals surface area contributed by atoms with Crippen LogP contribution in [0.3, 0.4) is 0 Å². The van der Waals surface area contributed by atoms with Crippen molar-refractivity contribution >= 4 is 11.6 Å².